The van der Waals surface area contributed by atoms with Crippen LogP contribution in [0.3, 0.4) is 0 Å². The molecule has 1 aliphatic rings. The number of benzene rings is 2. The van der Waals surface area contributed by atoms with Crippen molar-refractivity contribution in [1.29, 1.82) is 0 Å². The topological polar surface area (TPSA) is 59.9 Å². The maximum absolute atomic E-state index is 13.0. The smallest absolute Gasteiger partial charge is 0.387 e. The average Bonchev–Trinajstić information content (AvgIpc) is 2.98. The van der Waals surface area contributed by atoms with E-state index in [2.05, 4.69) is 15.0 Å². The molecule has 1 aliphatic heterocycles. The molecular formula is C19H15F3N2O3S. The number of ether oxygens (including phenoxy) is 2. The minimum atomic E-state index is -3.04. The minimum absolute atomic E-state index is 0.149. The molecule has 0 atom stereocenters. The summed E-state index contributed by atoms with van der Waals surface area (Å²) in [6, 6.07) is 10.1. The Morgan fingerprint density at radius 1 is 1.21 bits per heavy atom. The Labute approximate surface area is 163 Å². The van der Waals surface area contributed by atoms with E-state index >= 15 is 0 Å². The van der Waals surface area contributed by atoms with Crippen LogP contribution in [0.25, 0.3) is 6.08 Å². The van der Waals surface area contributed by atoms with Crippen LogP contribution in [0.1, 0.15) is 12.5 Å². The van der Waals surface area contributed by atoms with E-state index in [9.17, 15) is 18.0 Å². The molecule has 1 heterocycles. The average molecular weight is 408 g/mol. The molecule has 1 N–H and O–H groups in total. The van der Waals surface area contributed by atoms with Crippen molar-refractivity contribution in [3.63, 3.8) is 0 Å². The first kappa shape index (κ1) is 19.8. The molecule has 1 amide bonds. The third kappa shape index (κ3) is 4.86. The molecule has 5 nitrogen and oxygen atoms in total. The van der Waals surface area contributed by atoms with Gasteiger partial charge in [0, 0.05) is 5.56 Å². The maximum atomic E-state index is 13.0. The van der Waals surface area contributed by atoms with E-state index in [0.29, 0.717) is 10.9 Å². The van der Waals surface area contributed by atoms with Crippen LogP contribution >= 0.6 is 11.8 Å². The highest BCUT2D eigenvalue weighted by Crippen LogP contribution is 2.36. The Hall–Kier alpha value is -2.94. The standard InChI is InChI=1S/C19H15F3N2O3S/c1-2-26-14-5-3-4-11(16(14)27-18(21)22)10-15-17(25)24-19(28-15)23-13-8-6-12(20)7-9-13/h3-10,18H,2H2,1H3,(H,23,24,25)/b15-10-. The number of aliphatic imine (C=N–C) groups is 1. The van der Waals surface area contributed by atoms with Gasteiger partial charge in [0.25, 0.3) is 5.91 Å². The Bertz CT molecular complexity index is 931. The lowest BCUT2D eigenvalue weighted by Crippen LogP contribution is -2.19. The van der Waals surface area contributed by atoms with Gasteiger partial charge in [-0.25, -0.2) is 9.38 Å². The lowest BCUT2D eigenvalue weighted by Gasteiger charge is -2.13. The van der Waals surface area contributed by atoms with Crippen molar-refractivity contribution in [3.05, 3.63) is 58.8 Å². The lowest BCUT2D eigenvalue weighted by atomic mass is 10.1. The molecule has 3 rings (SSSR count). The molecule has 2 aromatic carbocycles. The normalized spacial score (nSPS) is 16.7. The number of hydrogen-bond donors (Lipinski definition) is 1. The summed E-state index contributed by atoms with van der Waals surface area (Å²) in [6.45, 7) is -1.06. The highest BCUT2D eigenvalue weighted by molar-refractivity contribution is 8.18. The number of thioether (sulfide) groups is 1. The number of halogens is 3. The largest absolute Gasteiger partial charge is 0.490 e. The van der Waals surface area contributed by atoms with Crippen molar-refractivity contribution in [2.75, 3.05) is 6.61 Å². The fourth-order valence-electron chi connectivity index (χ4n) is 2.39. The number of hydrogen-bond acceptors (Lipinski definition) is 5. The number of nitrogens with one attached hydrogen (secondary N) is 1. The molecule has 0 aliphatic carbocycles. The van der Waals surface area contributed by atoms with Gasteiger partial charge < -0.3 is 14.8 Å². The van der Waals surface area contributed by atoms with Crippen molar-refractivity contribution >= 4 is 34.6 Å². The zero-order valence-corrected chi connectivity index (χ0v) is 15.4. The van der Waals surface area contributed by atoms with Crippen molar-refractivity contribution in [2.45, 2.75) is 13.5 Å². The monoisotopic (exact) mass is 408 g/mol. The molecule has 9 heteroatoms. The summed E-state index contributed by atoms with van der Waals surface area (Å²) in [6.07, 6.45) is 1.42. The van der Waals surface area contributed by atoms with Gasteiger partial charge in [0.2, 0.25) is 0 Å². The number of rotatable bonds is 6. The number of nitrogens with zero attached hydrogens (tertiary/aromatic N) is 1. The van der Waals surface area contributed by atoms with Crippen molar-refractivity contribution in [2.24, 2.45) is 4.99 Å². The summed E-state index contributed by atoms with van der Waals surface area (Å²) in [5, 5.41) is 2.87. The van der Waals surface area contributed by atoms with Gasteiger partial charge in [-0.1, -0.05) is 12.1 Å². The van der Waals surface area contributed by atoms with Crippen LogP contribution in [0.15, 0.2) is 52.4 Å². The Balaban J connectivity index is 1.90. The first-order valence-electron chi connectivity index (χ1n) is 8.22. The van der Waals surface area contributed by atoms with Crippen LogP contribution in [-0.2, 0) is 4.79 Å². The molecule has 0 spiro atoms. The molecule has 0 saturated carbocycles. The van der Waals surface area contributed by atoms with Crippen LogP contribution in [0.4, 0.5) is 18.9 Å². The third-order valence-electron chi connectivity index (χ3n) is 3.51. The molecule has 0 bridgehead atoms. The Morgan fingerprint density at radius 3 is 2.64 bits per heavy atom. The van der Waals surface area contributed by atoms with E-state index in [1.54, 1.807) is 13.0 Å². The highest BCUT2D eigenvalue weighted by atomic mass is 32.2. The van der Waals surface area contributed by atoms with Gasteiger partial charge in [0.05, 0.1) is 17.2 Å². The predicted molar refractivity (Wildman–Crippen MR) is 101 cm³/mol. The Kier molecular flexibility index (Phi) is 6.25. The minimum Gasteiger partial charge on any atom is -0.490 e. The van der Waals surface area contributed by atoms with E-state index in [4.69, 9.17) is 4.74 Å². The summed E-state index contributed by atoms with van der Waals surface area (Å²) in [7, 11) is 0. The lowest BCUT2D eigenvalue weighted by molar-refractivity contribution is -0.115. The fourth-order valence-corrected chi connectivity index (χ4v) is 3.22. The van der Waals surface area contributed by atoms with Gasteiger partial charge in [0.1, 0.15) is 5.82 Å². The number of amidine groups is 1. The van der Waals surface area contributed by atoms with Gasteiger partial charge in [0.15, 0.2) is 16.7 Å². The molecule has 2 aromatic rings. The van der Waals surface area contributed by atoms with Crippen LogP contribution in [0.5, 0.6) is 11.5 Å². The number of para-hydroxylation sites is 1. The molecule has 1 fully saturated rings. The SMILES string of the molecule is CCOc1cccc(/C=C2\SC(=Nc3ccc(F)cc3)NC2=O)c1OC(F)F. The third-order valence-corrected chi connectivity index (χ3v) is 4.42. The summed E-state index contributed by atoms with van der Waals surface area (Å²) >= 11 is 1.03. The summed E-state index contributed by atoms with van der Waals surface area (Å²) < 4.78 is 48.5. The van der Waals surface area contributed by atoms with Crippen LogP contribution < -0.4 is 14.8 Å². The number of alkyl halides is 2. The summed E-state index contributed by atoms with van der Waals surface area (Å²) in [4.78, 5) is 16.7. The Morgan fingerprint density at radius 2 is 1.96 bits per heavy atom. The number of amides is 1. The second-order valence-corrected chi connectivity index (χ2v) is 6.47. The van der Waals surface area contributed by atoms with Crippen molar-refractivity contribution in [1.82, 2.24) is 5.32 Å². The molecule has 1 saturated heterocycles. The van der Waals surface area contributed by atoms with E-state index < -0.39 is 18.3 Å². The maximum Gasteiger partial charge on any atom is 0.387 e. The highest BCUT2D eigenvalue weighted by Gasteiger charge is 2.25. The van der Waals surface area contributed by atoms with Gasteiger partial charge in [-0.15, -0.1) is 0 Å². The molecule has 146 valence electrons. The zero-order chi connectivity index (χ0) is 20.1. The van der Waals surface area contributed by atoms with Crippen LogP contribution in [-0.4, -0.2) is 24.3 Å². The first-order valence-corrected chi connectivity index (χ1v) is 9.03. The molecular weight excluding hydrogens is 393 g/mol. The second kappa shape index (κ2) is 8.83. The number of carbonyl (C=O) groups excluding carboxylic acids is 1. The van der Waals surface area contributed by atoms with E-state index in [-0.39, 0.29) is 28.6 Å². The van der Waals surface area contributed by atoms with Gasteiger partial charge in [-0.05, 0) is 55.1 Å². The fraction of sp³-hybridized carbons (Fsp3) is 0.158. The second-order valence-electron chi connectivity index (χ2n) is 5.44. The van der Waals surface area contributed by atoms with Gasteiger partial charge in [-0.3, -0.25) is 4.79 Å². The van der Waals surface area contributed by atoms with Crippen LogP contribution in [0, 0.1) is 5.82 Å². The van der Waals surface area contributed by atoms with E-state index in [1.165, 1.54) is 42.5 Å². The van der Waals surface area contributed by atoms with Crippen molar-refractivity contribution < 1.29 is 27.4 Å². The molecule has 0 radical (unpaired) electrons. The number of carbonyl (C=O) groups is 1. The van der Waals surface area contributed by atoms with E-state index in [0.717, 1.165) is 11.8 Å². The summed E-state index contributed by atoms with van der Waals surface area (Å²) in [5.74, 6) is -0.825. The molecule has 0 aromatic heterocycles. The zero-order valence-electron chi connectivity index (χ0n) is 14.6. The van der Waals surface area contributed by atoms with Crippen molar-refractivity contribution in [3.8, 4) is 11.5 Å². The van der Waals surface area contributed by atoms with Gasteiger partial charge in [-0.2, -0.15) is 8.78 Å². The van der Waals surface area contributed by atoms with E-state index in [1.807, 2.05) is 0 Å². The summed E-state index contributed by atoms with van der Waals surface area (Å²) in [5.41, 5.74) is 0.734. The van der Waals surface area contributed by atoms with Crippen LogP contribution in [0.2, 0.25) is 0 Å². The first-order chi connectivity index (χ1) is 13.5. The molecule has 28 heavy (non-hydrogen) atoms. The van der Waals surface area contributed by atoms with Gasteiger partial charge >= 0.3 is 6.61 Å². The quantitative estimate of drug-likeness (QED) is 0.703. The predicted octanol–water partition coefficient (Wildman–Crippen LogP) is 4.72. The molecule has 0 unspecified atom stereocenters.